The number of hydrogen-bond acceptors (Lipinski definition) is 5. The number of amides is 2. The van der Waals surface area contributed by atoms with Crippen LogP contribution in [0.1, 0.15) is 18.4 Å². The normalized spacial score (nSPS) is 21.4. The maximum Gasteiger partial charge on any atom is 0.244 e. The number of likely N-dealkylation sites (tertiary alicyclic amines) is 1. The second-order valence-corrected chi connectivity index (χ2v) is 8.85. The highest BCUT2D eigenvalue weighted by Gasteiger charge is 2.35. The minimum Gasteiger partial charge on any atom is -0.490 e. The molecule has 2 aliphatic rings. The first-order valence-electron chi connectivity index (χ1n) is 11.0. The Labute approximate surface area is 193 Å². The third kappa shape index (κ3) is 5.81. The third-order valence-corrected chi connectivity index (χ3v) is 6.23. The van der Waals surface area contributed by atoms with E-state index in [1.165, 1.54) is 0 Å². The van der Waals surface area contributed by atoms with Gasteiger partial charge in [-0.15, -0.1) is 0 Å². The van der Waals surface area contributed by atoms with Gasteiger partial charge in [0.25, 0.3) is 0 Å². The van der Waals surface area contributed by atoms with Crippen molar-refractivity contribution in [2.45, 2.75) is 32.4 Å². The molecule has 3 heterocycles. The van der Waals surface area contributed by atoms with Crippen LogP contribution in [0.4, 0.5) is 0 Å². The molecule has 1 aromatic carbocycles. The lowest BCUT2D eigenvalue weighted by Gasteiger charge is -2.39. The van der Waals surface area contributed by atoms with Crippen LogP contribution in [0.15, 0.2) is 36.7 Å². The van der Waals surface area contributed by atoms with Gasteiger partial charge >= 0.3 is 0 Å². The summed E-state index contributed by atoms with van der Waals surface area (Å²) in [6, 6.07) is 7.24. The lowest BCUT2D eigenvalue weighted by Crippen LogP contribution is -2.51. The van der Waals surface area contributed by atoms with Crippen molar-refractivity contribution < 1.29 is 19.1 Å². The van der Waals surface area contributed by atoms with Crippen LogP contribution < -0.4 is 4.74 Å². The first kappa shape index (κ1) is 22.6. The molecule has 2 aliphatic heterocycles. The maximum absolute atomic E-state index is 13.0. The summed E-state index contributed by atoms with van der Waals surface area (Å²) in [7, 11) is 0. The monoisotopic (exact) mass is 460 g/mol. The Hall–Kier alpha value is -2.58. The molecule has 1 aromatic heterocycles. The quantitative estimate of drug-likeness (QED) is 0.661. The zero-order chi connectivity index (χ0) is 22.5. The van der Waals surface area contributed by atoms with Gasteiger partial charge in [-0.05, 0) is 36.8 Å². The van der Waals surface area contributed by atoms with Crippen molar-refractivity contribution in [3.8, 4) is 5.75 Å². The number of morpholine rings is 1. The summed E-state index contributed by atoms with van der Waals surface area (Å²) in [5, 5.41) is 4.86. The number of nitrogens with zero attached hydrogens (tertiary/aromatic N) is 4. The number of piperidine rings is 1. The molecule has 0 saturated carbocycles. The molecule has 0 spiro atoms. The molecule has 8 nitrogen and oxygen atoms in total. The summed E-state index contributed by atoms with van der Waals surface area (Å²) in [5.41, 5.74) is 1.02. The molecule has 172 valence electrons. The number of hydrogen-bond donors (Lipinski definition) is 0. The number of carbonyl (C=O) groups excluding carboxylic acids is 2. The first-order chi connectivity index (χ1) is 15.5. The number of benzene rings is 1. The van der Waals surface area contributed by atoms with E-state index >= 15 is 0 Å². The highest BCUT2D eigenvalue weighted by atomic mass is 35.5. The smallest absolute Gasteiger partial charge is 0.244 e. The van der Waals surface area contributed by atoms with E-state index in [1.54, 1.807) is 23.0 Å². The predicted molar refractivity (Wildman–Crippen MR) is 120 cm³/mol. The molecule has 2 amide bonds. The van der Waals surface area contributed by atoms with Crippen molar-refractivity contribution in [3.63, 3.8) is 0 Å². The van der Waals surface area contributed by atoms with Gasteiger partial charge in [0.05, 0.1) is 19.4 Å². The summed E-state index contributed by atoms with van der Waals surface area (Å²) in [5.74, 6) is 0.704. The molecule has 0 N–H and O–H groups in total. The van der Waals surface area contributed by atoms with Gasteiger partial charge in [0.2, 0.25) is 11.8 Å². The minimum absolute atomic E-state index is 0.00173. The van der Waals surface area contributed by atoms with Crippen molar-refractivity contribution in [2.24, 2.45) is 5.92 Å². The number of aromatic nitrogens is 2. The van der Waals surface area contributed by atoms with Crippen LogP contribution in [0.5, 0.6) is 5.75 Å². The van der Waals surface area contributed by atoms with Gasteiger partial charge < -0.3 is 19.3 Å². The van der Waals surface area contributed by atoms with Gasteiger partial charge in [-0.1, -0.05) is 11.6 Å². The highest BCUT2D eigenvalue weighted by molar-refractivity contribution is 6.30. The van der Waals surface area contributed by atoms with E-state index in [-0.39, 0.29) is 30.4 Å². The van der Waals surface area contributed by atoms with Crippen molar-refractivity contribution in [1.82, 2.24) is 19.6 Å². The Balaban J connectivity index is 1.44. The Morgan fingerprint density at radius 1 is 1.12 bits per heavy atom. The SMILES string of the molecule is Cc1cnn(CC(=O)N2CC[C@H](Oc3ccc(Cl)cc3)[C@@H](CC(=O)N3CCOCC3)C2)c1. The second-order valence-electron chi connectivity index (χ2n) is 8.41. The van der Waals surface area contributed by atoms with Crippen molar-refractivity contribution in [1.29, 1.82) is 0 Å². The molecule has 0 bridgehead atoms. The lowest BCUT2D eigenvalue weighted by atomic mass is 9.90. The Morgan fingerprint density at radius 2 is 1.88 bits per heavy atom. The Bertz CT molecular complexity index is 926. The van der Waals surface area contributed by atoms with Gasteiger partial charge in [0, 0.05) is 56.2 Å². The van der Waals surface area contributed by atoms with Crippen LogP contribution in [0.2, 0.25) is 5.02 Å². The average molecular weight is 461 g/mol. The van der Waals surface area contributed by atoms with Gasteiger partial charge in [-0.3, -0.25) is 14.3 Å². The fraction of sp³-hybridized carbons (Fsp3) is 0.522. The molecular formula is C23H29ClN4O4. The van der Waals surface area contributed by atoms with E-state index in [1.807, 2.05) is 35.1 Å². The number of ether oxygens (including phenoxy) is 2. The molecule has 9 heteroatoms. The van der Waals surface area contributed by atoms with E-state index in [0.29, 0.717) is 57.3 Å². The van der Waals surface area contributed by atoms with Crippen molar-refractivity contribution >= 4 is 23.4 Å². The topological polar surface area (TPSA) is 76.9 Å². The number of aryl methyl sites for hydroxylation is 1. The fourth-order valence-electron chi connectivity index (χ4n) is 4.23. The average Bonchev–Trinajstić information content (AvgIpc) is 3.21. The predicted octanol–water partition coefficient (Wildman–Crippen LogP) is 2.39. The van der Waals surface area contributed by atoms with E-state index < -0.39 is 0 Å². The first-order valence-corrected chi connectivity index (χ1v) is 11.4. The molecular weight excluding hydrogens is 432 g/mol. The lowest BCUT2D eigenvalue weighted by molar-refractivity contribution is -0.141. The zero-order valence-electron chi connectivity index (χ0n) is 18.3. The summed E-state index contributed by atoms with van der Waals surface area (Å²) >= 11 is 5.99. The van der Waals surface area contributed by atoms with E-state index in [0.717, 1.165) is 11.3 Å². The van der Waals surface area contributed by atoms with Gasteiger partial charge in [0.1, 0.15) is 18.4 Å². The molecule has 2 aromatic rings. The highest BCUT2D eigenvalue weighted by Crippen LogP contribution is 2.27. The second kappa shape index (κ2) is 10.4. The standard InChI is InChI=1S/C23H29ClN4O4/c1-17-13-25-28(14-17)16-23(30)27-7-6-21(32-20-4-2-19(24)3-5-20)18(15-27)12-22(29)26-8-10-31-11-9-26/h2-5,13-14,18,21H,6-12,15-16H2,1H3/t18-,21-/m0/s1. The van der Waals surface area contributed by atoms with Gasteiger partial charge in [-0.2, -0.15) is 5.10 Å². The molecule has 32 heavy (non-hydrogen) atoms. The summed E-state index contributed by atoms with van der Waals surface area (Å²) in [6.45, 7) is 5.55. The minimum atomic E-state index is -0.155. The van der Waals surface area contributed by atoms with E-state index in [9.17, 15) is 9.59 Å². The molecule has 2 atom stereocenters. The van der Waals surface area contributed by atoms with Crippen LogP contribution in [0.3, 0.4) is 0 Å². The van der Waals surface area contributed by atoms with Crippen LogP contribution in [-0.4, -0.2) is 76.9 Å². The Kier molecular flexibility index (Phi) is 7.32. The largest absolute Gasteiger partial charge is 0.490 e. The number of rotatable bonds is 6. The molecule has 0 radical (unpaired) electrons. The summed E-state index contributed by atoms with van der Waals surface area (Å²) in [6.07, 6.45) is 4.44. The van der Waals surface area contributed by atoms with Crippen molar-refractivity contribution in [3.05, 3.63) is 47.2 Å². The summed E-state index contributed by atoms with van der Waals surface area (Å²) < 4.78 is 13.3. The maximum atomic E-state index is 13.0. The Morgan fingerprint density at radius 3 is 2.56 bits per heavy atom. The van der Waals surface area contributed by atoms with Crippen LogP contribution in [0.25, 0.3) is 0 Å². The molecule has 0 unspecified atom stereocenters. The number of carbonyl (C=O) groups is 2. The fourth-order valence-corrected chi connectivity index (χ4v) is 4.36. The van der Waals surface area contributed by atoms with E-state index in [4.69, 9.17) is 21.1 Å². The van der Waals surface area contributed by atoms with Gasteiger partial charge in [0.15, 0.2) is 0 Å². The summed E-state index contributed by atoms with van der Waals surface area (Å²) in [4.78, 5) is 29.5. The van der Waals surface area contributed by atoms with Crippen LogP contribution in [-0.2, 0) is 20.9 Å². The third-order valence-electron chi connectivity index (χ3n) is 5.98. The van der Waals surface area contributed by atoms with Crippen molar-refractivity contribution in [2.75, 3.05) is 39.4 Å². The van der Waals surface area contributed by atoms with Crippen LogP contribution >= 0.6 is 11.6 Å². The molecule has 4 rings (SSSR count). The molecule has 2 saturated heterocycles. The molecule has 0 aliphatic carbocycles. The van der Waals surface area contributed by atoms with Gasteiger partial charge in [-0.25, -0.2) is 0 Å². The molecule has 2 fully saturated rings. The number of halogens is 1. The van der Waals surface area contributed by atoms with Crippen LogP contribution in [0, 0.1) is 12.8 Å². The zero-order valence-corrected chi connectivity index (χ0v) is 19.0. The van der Waals surface area contributed by atoms with E-state index in [2.05, 4.69) is 5.10 Å².